The normalized spacial score (nSPS) is 19.6. The number of morpholine rings is 1. The van der Waals surface area contributed by atoms with Crippen molar-refractivity contribution in [1.29, 1.82) is 0 Å². The SMILES string of the molecule is CC1CN(c2c(F)cc(C=CC(=O)O)cc2F)CCO1. The van der Waals surface area contributed by atoms with E-state index in [2.05, 4.69) is 0 Å². The molecule has 0 radical (unpaired) electrons. The van der Waals surface area contributed by atoms with Gasteiger partial charge >= 0.3 is 5.97 Å². The predicted molar refractivity (Wildman–Crippen MR) is 70.7 cm³/mol. The van der Waals surface area contributed by atoms with Gasteiger partial charge in [-0.1, -0.05) is 0 Å². The van der Waals surface area contributed by atoms with Crippen LogP contribution in [0.2, 0.25) is 0 Å². The molecule has 1 aliphatic heterocycles. The molecule has 0 aromatic heterocycles. The number of hydrogen-bond donors (Lipinski definition) is 1. The Balaban J connectivity index is 2.28. The van der Waals surface area contributed by atoms with E-state index in [-0.39, 0.29) is 17.4 Å². The minimum absolute atomic E-state index is 0.0888. The first-order valence-corrected chi connectivity index (χ1v) is 6.24. The minimum atomic E-state index is -1.17. The average Bonchev–Trinajstić information content (AvgIpc) is 2.35. The fraction of sp³-hybridized carbons (Fsp3) is 0.357. The highest BCUT2D eigenvalue weighted by molar-refractivity contribution is 5.85. The van der Waals surface area contributed by atoms with Crippen LogP contribution in [0.4, 0.5) is 14.5 Å². The lowest BCUT2D eigenvalue weighted by molar-refractivity contribution is -0.131. The number of rotatable bonds is 3. The molecule has 1 atom stereocenters. The number of hydrogen-bond acceptors (Lipinski definition) is 3. The fourth-order valence-electron chi connectivity index (χ4n) is 2.17. The van der Waals surface area contributed by atoms with Crippen LogP contribution in [0.5, 0.6) is 0 Å². The third kappa shape index (κ3) is 3.33. The van der Waals surface area contributed by atoms with E-state index in [4.69, 9.17) is 9.84 Å². The molecule has 1 fully saturated rings. The molecule has 6 heteroatoms. The summed E-state index contributed by atoms with van der Waals surface area (Å²) >= 11 is 0. The summed E-state index contributed by atoms with van der Waals surface area (Å²) in [7, 11) is 0. The Kier molecular flexibility index (Phi) is 4.34. The van der Waals surface area contributed by atoms with Gasteiger partial charge in [-0.3, -0.25) is 0 Å². The first kappa shape index (κ1) is 14.5. The highest BCUT2D eigenvalue weighted by atomic mass is 19.1. The fourth-order valence-corrected chi connectivity index (χ4v) is 2.17. The topological polar surface area (TPSA) is 49.8 Å². The predicted octanol–water partition coefficient (Wildman–Crippen LogP) is 2.29. The third-order valence-corrected chi connectivity index (χ3v) is 3.01. The van der Waals surface area contributed by atoms with E-state index >= 15 is 0 Å². The van der Waals surface area contributed by atoms with E-state index in [1.54, 1.807) is 4.90 Å². The molecule has 20 heavy (non-hydrogen) atoms. The second kappa shape index (κ2) is 6.00. The first-order chi connectivity index (χ1) is 9.47. The van der Waals surface area contributed by atoms with E-state index in [0.29, 0.717) is 19.7 Å². The van der Waals surface area contributed by atoms with Crippen molar-refractivity contribution in [3.8, 4) is 0 Å². The summed E-state index contributed by atoms with van der Waals surface area (Å²) in [6.07, 6.45) is 1.90. The van der Waals surface area contributed by atoms with Crippen molar-refractivity contribution in [2.45, 2.75) is 13.0 Å². The van der Waals surface area contributed by atoms with Gasteiger partial charge in [-0.2, -0.15) is 0 Å². The number of aliphatic carboxylic acids is 1. The second-order valence-corrected chi connectivity index (χ2v) is 4.63. The van der Waals surface area contributed by atoms with Gasteiger partial charge in [-0.25, -0.2) is 13.6 Å². The number of benzene rings is 1. The zero-order valence-corrected chi connectivity index (χ0v) is 11.0. The molecular weight excluding hydrogens is 268 g/mol. The smallest absolute Gasteiger partial charge is 0.328 e. The van der Waals surface area contributed by atoms with Gasteiger partial charge in [0.2, 0.25) is 0 Å². The van der Waals surface area contributed by atoms with E-state index in [1.165, 1.54) is 0 Å². The summed E-state index contributed by atoms with van der Waals surface area (Å²) in [6, 6.07) is 2.25. The lowest BCUT2D eigenvalue weighted by atomic mass is 10.1. The Labute approximate surface area is 115 Å². The number of anilines is 1. The van der Waals surface area contributed by atoms with Crippen LogP contribution in [0.25, 0.3) is 6.08 Å². The Morgan fingerprint density at radius 3 is 2.65 bits per heavy atom. The van der Waals surface area contributed by atoms with E-state index < -0.39 is 17.6 Å². The van der Waals surface area contributed by atoms with Gasteiger partial charge in [0.1, 0.15) is 17.3 Å². The zero-order chi connectivity index (χ0) is 14.7. The molecule has 0 aliphatic carbocycles. The molecule has 1 N–H and O–H groups in total. The lowest BCUT2D eigenvalue weighted by Gasteiger charge is -2.33. The van der Waals surface area contributed by atoms with Crippen molar-refractivity contribution in [3.63, 3.8) is 0 Å². The molecule has 1 aliphatic rings. The van der Waals surface area contributed by atoms with Crippen molar-refractivity contribution in [3.05, 3.63) is 35.4 Å². The summed E-state index contributed by atoms with van der Waals surface area (Å²) in [6.45, 7) is 3.09. The number of halogens is 2. The first-order valence-electron chi connectivity index (χ1n) is 6.24. The van der Waals surface area contributed by atoms with Crippen molar-refractivity contribution >= 4 is 17.7 Å². The molecule has 0 saturated carbocycles. The number of carbonyl (C=O) groups is 1. The van der Waals surface area contributed by atoms with Crippen LogP contribution in [0, 0.1) is 11.6 Å². The third-order valence-electron chi connectivity index (χ3n) is 3.01. The van der Waals surface area contributed by atoms with E-state index in [9.17, 15) is 13.6 Å². The van der Waals surface area contributed by atoms with Crippen molar-refractivity contribution < 1.29 is 23.4 Å². The van der Waals surface area contributed by atoms with Gasteiger partial charge in [-0.05, 0) is 30.7 Å². The number of carboxylic acids is 1. The molecule has 1 heterocycles. The molecule has 2 rings (SSSR count). The lowest BCUT2D eigenvalue weighted by Crippen LogP contribution is -2.42. The maximum absolute atomic E-state index is 14.0. The standard InChI is InChI=1S/C14H15F2NO3/c1-9-8-17(4-5-20-9)14-11(15)6-10(7-12(14)16)2-3-13(18)19/h2-3,6-7,9H,4-5,8H2,1H3,(H,18,19). The molecule has 1 saturated heterocycles. The molecule has 108 valence electrons. The molecular formula is C14H15F2NO3. The Hall–Kier alpha value is -1.95. The van der Waals surface area contributed by atoms with Crippen LogP contribution >= 0.6 is 0 Å². The van der Waals surface area contributed by atoms with Crippen molar-refractivity contribution in [1.82, 2.24) is 0 Å². The minimum Gasteiger partial charge on any atom is -0.478 e. The monoisotopic (exact) mass is 283 g/mol. The molecule has 0 spiro atoms. The number of ether oxygens (including phenoxy) is 1. The molecule has 1 aromatic rings. The Bertz CT molecular complexity index is 522. The van der Waals surface area contributed by atoms with Crippen LogP contribution < -0.4 is 4.90 Å². The molecule has 0 amide bonds. The van der Waals surface area contributed by atoms with Crippen LogP contribution in [0.1, 0.15) is 12.5 Å². The summed E-state index contributed by atoms with van der Waals surface area (Å²) in [5.41, 5.74) is 0.0834. The maximum Gasteiger partial charge on any atom is 0.328 e. The van der Waals surface area contributed by atoms with Gasteiger partial charge in [-0.15, -0.1) is 0 Å². The van der Waals surface area contributed by atoms with Gasteiger partial charge in [0, 0.05) is 19.2 Å². The number of carboxylic acid groups (broad SMARTS) is 1. The van der Waals surface area contributed by atoms with Crippen LogP contribution in [0.15, 0.2) is 18.2 Å². The highest BCUT2D eigenvalue weighted by Gasteiger charge is 2.23. The van der Waals surface area contributed by atoms with Crippen LogP contribution in [-0.4, -0.2) is 36.9 Å². The quantitative estimate of drug-likeness (QED) is 0.865. The molecule has 1 unspecified atom stereocenters. The summed E-state index contributed by atoms with van der Waals surface area (Å²) in [4.78, 5) is 12.0. The highest BCUT2D eigenvalue weighted by Crippen LogP contribution is 2.27. The Morgan fingerprint density at radius 2 is 2.10 bits per heavy atom. The zero-order valence-electron chi connectivity index (χ0n) is 11.0. The second-order valence-electron chi connectivity index (χ2n) is 4.63. The van der Waals surface area contributed by atoms with E-state index in [0.717, 1.165) is 24.3 Å². The van der Waals surface area contributed by atoms with Crippen molar-refractivity contribution in [2.24, 2.45) is 0 Å². The van der Waals surface area contributed by atoms with Crippen LogP contribution in [0.3, 0.4) is 0 Å². The van der Waals surface area contributed by atoms with Crippen molar-refractivity contribution in [2.75, 3.05) is 24.6 Å². The summed E-state index contributed by atoms with van der Waals surface area (Å²) < 4.78 is 33.4. The molecule has 0 bridgehead atoms. The Morgan fingerprint density at radius 1 is 1.45 bits per heavy atom. The van der Waals surface area contributed by atoms with Gasteiger partial charge in [0.05, 0.1) is 12.7 Å². The molecule has 4 nitrogen and oxygen atoms in total. The maximum atomic E-state index is 14.0. The van der Waals surface area contributed by atoms with Gasteiger partial charge in [0.25, 0.3) is 0 Å². The largest absolute Gasteiger partial charge is 0.478 e. The van der Waals surface area contributed by atoms with Crippen LogP contribution in [-0.2, 0) is 9.53 Å². The van der Waals surface area contributed by atoms with Gasteiger partial charge < -0.3 is 14.7 Å². The van der Waals surface area contributed by atoms with Gasteiger partial charge in [0.15, 0.2) is 0 Å². The molecule has 1 aromatic carbocycles. The summed E-state index contributed by atoms with van der Waals surface area (Å²) in [5, 5.41) is 8.50. The summed E-state index contributed by atoms with van der Waals surface area (Å²) in [5.74, 6) is -2.58. The average molecular weight is 283 g/mol. The number of nitrogens with zero attached hydrogens (tertiary/aromatic N) is 1. The van der Waals surface area contributed by atoms with E-state index in [1.807, 2.05) is 6.92 Å².